The minimum atomic E-state index is 0.515. The lowest BCUT2D eigenvalue weighted by Gasteiger charge is -2.46. The first-order chi connectivity index (χ1) is 9.69. The molecule has 1 aromatic rings. The van der Waals surface area contributed by atoms with E-state index in [1.165, 1.54) is 25.8 Å². The molecule has 2 aliphatic heterocycles. The number of piperidine rings is 2. The van der Waals surface area contributed by atoms with E-state index in [0.717, 1.165) is 42.3 Å². The van der Waals surface area contributed by atoms with Crippen molar-refractivity contribution in [1.29, 1.82) is 0 Å². The van der Waals surface area contributed by atoms with Crippen molar-refractivity contribution in [3.63, 3.8) is 0 Å². The van der Waals surface area contributed by atoms with E-state index < -0.39 is 0 Å². The number of nitrogens with two attached hydrogens (primary N) is 1. The smallest absolute Gasteiger partial charge is 0.225 e. The van der Waals surface area contributed by atoms with Gasteiger partial charge in [0.2, 0.25) is 5.95 Å². The number of fused-ring (bicyclic) bond motifs is 1. The fourth-order valence-corrected chi connectivity index (χ4v) is 3.67. The van der Waals surface area contributed by atoms with Crippen molar-refractivity contribution in [3.8, 4) is 0 Å². The Labute approximate surface area is 121 Å². The van der Waals surface area contributed by atoms with Gasteiger partial charge in [0.1, 0.15) is 0 Å². The Bertz CT molecular complexity index is 475. The van der Waals surface area contributed by atoms with Crippen molar-refractivity contribution in [2.75, 3.05) is 31.6 Å². The average Bonchev–Trinajstić information content (AvgIpc) is 2.47. The first kappa shape index (κ1) is 13.8. The fourth-order valence-electron chi connectivity index (χ4n) is 3.67. The summed E-state index contributed by atoms with van der Waals surface area (Å²) in [6.45, 7) is 5.95. The molecule has 0 spiro atoms. The van der Waals surface area contributed by atoms with E-state index in [0.29, 0.717) is 6.54 Å². The van der Waals surface area contributed by atoms with Crippen LogP contribution in [0, 0.1) is 12.8 Å². The number of rotatable bonds is 2. The second-order valence-electron chi connectivity index (χ2n) is 6.17. The van der Waals surface area contributed by atoms with Gasteiger partial charge in [0.15, 0.2) is 0 Å². The third kappa shape index (κ3) is 2.52. The standard InChI is InChI=1S/C15H25N5/c1-11-13(8-16)9-17-15(18-11)20-7-5-14-12(10-20)4-3-6-19(14)2/h9,12,14H,3-8,10,16H2,1-2H3. The minimum absolute atomic E-state index is 0.515. The summed E-state index contributed by atoms with van der Waals surface area (Å²) in [4.78, 5) is 14.0. The highest BCUT2D eigenvalue weighted by Crippen LogP contribution is 2.30. The monoisotopic (exact) mass is 275 g/mol. The lowest BCUT2D eigenvalue weighted by atomic mass is 9.84. The normalized spacial score (nSPS) is 27.4. The van der Waals surface area contributed by atoms with Gasteiger partial charge >= 0.3 is 0 Å². The van der Waals surface area contributed by atoms with Gasteiger partial charge in [-0.2, -0.15) is 0 Å². The molecule has 0 amide bonds. The molecular weight excluding hydrogens is 250 g/mol. The van der Waals surface area contributed by atoms with Gasteiger partial charge in [0.05, 0.1) is 0 Å². The molecular formula is C15H25N5. The molecule has 3 heterocycles. The van der Waals surface area contributed by atoms with Crippen molar-refractivity contribution in [1.82, 2.24) is 14.9 Å². The van der Waals surface area contributed by atoms with Gasteiger partial charge in [0, 0.05) is 43.1 Å². The topological polar surface area (TPSA) is 58.3 Å². The van der Waals surface area contributed by atoms with Crippen LogP contribution in [0.3, 0.4) is 0 Å². The SMILES string of the molecule is Cc1nc(N2CCC3C(CCCN3C)C2)ncc1CN. The molecule has 110 valence electrons. The van der Waals surface area contributed by atoms with E-state index in [-0.39, 0.29) is 0 Å². The van der Waals surface area contributed by atoms with Crippen molar-refractivity contribution in [2.45, 2.75) is 38.8 Å². The first-order valence-corrected chi connectivity index (χ1v) is 7.67. The van der Waals surface area contributed by atoms with Crippen LogP contribution >= 0.6 is 0 Å². The van der Waals surface area contributed by atoms with E-state index >= 15 is 0 Å². The quantitative estimate of drug-likeness (QED) is 0.878. The molecule has 0 bridgehead atoms. The van der Waals surface area contributed by atoms with Crippen LogP contribution in [0.4, 0.5) is 5.95 Å². The molecule has 0 aliphatic carbocycles. The van der Waals surface area contributed by atoms with Gasteiger partial charge in [-0.3, -0.25) is 0 Å². The molecule has 2 saturated heterocycles. The number of likely N-dealkylation sites (tertiary alicyclic amines) is 1. The Kier molecular flexibility index (Phi) is 3.89. The number of aromatic nitrogens is 2. The van der Waals surface area contributed by atoms with Crippen LogP contribution in [0.25, 0.3) is 0 Å². The van der Waals surface area contributed by atoms with Crippen molar-refractivity contribution in [2.24, 2.45) is 11.7 Å². The summed E-state index contributed by atoms with van der Waals surface area (Å²) in [6.07, 6.45) is 5.77. The molecule has 3 rings (SSSR count). The van der Waals surface area contributed by atoms with E-state index in [9.17, 15) is 0 Å². The second kappa shape index (κ2) is 5.66. The third-order valence-corrected chi connectivity index (χ3v) is 4.92. The van der Waals surface area contributed by atoms with Crippen molar-refractivity contribution >= 4 is 5.95 Å². The Morgan fingerprint density at radius 1 is 1.35 bits per heavy atom. The van der Waals surface area contributed by atoms with Crippen LogP contribution in [-0.2, 0) is 6.54 Å². The summed E-state index contributed by atoms with van der Waals surface area (Å²) < 4.78 is 0. The average molecular weight is 275 g/mol. The first-order valence-electron chi connectivity index (χ1n) is 7.67. The van der Waals surface area contributed by atoms with E-state index in [2.05, 4.69) is 26.8 Å². The van der Waals surface area contributed by atoms with E-state index in [1.807, 2.05) is 13.1 Å². The zero-order chi connectivity index (χ0) is 14.1. The lowest BCUT2D eigenvalue weighted by Crippen LogP contribution is -2.53. The van der Waals surface area contributed by atoms with Crippen LogP contribution < -0.4 is 10.6 Å². The van der Waals surface area contributed by atoms with Gasteiger partial charge in [-0.25, -0.2) is 9.97 Å². The molecule has 2 N–H and O–H groups in total. The number of hydrogen-bond donors (Lipinski definition) is 1. The maximum Gasteiger partial charge on any atom is 0.225 e. The summed E-state index contributed by atoms with van der Waals surface area (Å²) >= 11 is 0. The van der Waals surface area contributed by atoms with Gasteiger partial charge in [-0.1, -0.05) is 0 Å². The Hall–Kier alpha value is -1.20. The number of aryl methyl sites for hydroxylation is 1. The predicted octanol–water partition coefficient (Wildman–Crippen LogP) is 1.16. The van der Waals surface area contributed by atoms with Crippen molar-refractivity contribution in [3.05, 3.63) is 17.5 Å². The predicted molar refractivity (Wildman–Crippen MR) is 80.6 cm³/mol. The highest BCUT2D eigenvalue weighted by Gasteiger charge is 2.34. The number of nitrogens with zero attached hydrogens (tertiary/aromatic N) is 4. The number of anilines is 1. The van der Waals surface area contributed by atoms with Crippen LogP contribution in [0.15, 0.2) is 6.20 Å². The molecule has 5 heteroatoms. The van der Waals surface area contributed by atoms with Crippen LogP contribution in [0.2, 0.25) is 0 Å². The zero-order valence-electron chi connectivity index (χ0n) is 12.5. The summed E-state index contributed by atoms with van der Waals surface area (Å²) in [6, 6.07) is 0.754. The fraction of sp³-hybridized carbons (Fsp3) is 0.733. The van der Waals surface area contributed by atoms with Crippen LogP contribution in [0.1, 0.15) is 30.5 Å². The number of hydrogen-bond acceptors (Lipinski definition) is 5. The molecule has 2 fully saturated rings. The van der Waals surface area contributed by atoms with Crippen LogP contribution in [-0.4, -0.2) is 47.6 Å². The van der Waals surface area contributed by atoms with Gasteiger partial charge in [-0.05, 0) is 45.7 Å². The maximum atomic E-state index is 5.68. The molecule has 0 saturated carbocycles. The Morgan fingerprint density at radius 3 is 2.95 bits per heavy atom. The highest BCUT2D eigenvalue weighted by atomic mass is 15.3. The third-order valence-electron chi connectivity index (χ3n) is 4.92. The Balaban J connectivity index is 1.74. The van der Waals surface area contributed by atoms with E-state index in [4.69, 9.17) is 5.73 Å². The van der Waals surface area contributed by atoms with E-state index in [1.54, 1.807) is 0 Å². The van der Waals surface area contributed by atoms with Gasteiger partial charge in [0.25, 0.3) is 0 Å². The minimum Gasteiger partial charge on any atom is -0.340 e. The van der Waals surface area contributed by atoms with Crippen molar-refractivity contribution < 1.29 is 0 Å². The summed E-state index contributed by atoms with van der Waals surface area (Å²) in [5.41, 5.74) is 7.74. The molecule has 5 nitrogen and oxygen atoms in total. The van der Waals surface area contributed by atoms with Gasteiger partial charge < -0.3 is 15.5 Å². The summed E-state index contributed by atoms with van der Waals surface area (Å²) in [5.74, 6) is 1.65. The highest BCUT2D eigenvalue weighted by molar-refractivity contribution is 5.34. The zero-order valence-corrected chi connectivity index (χ0v) is 12.5. The molecule has 2 atom stereocenters. The summed E-state index contributed by atoms with van der Waals surface area (Å²) in [5, 5.41) is 0. The van der Waals surface area contributed by atoms with Gasteiger partial charge in [-0.15, -0.1) is 0 Å². The van der Waals surface area contributed by atoms with Crippen LogP contribution in [0.5, 0.6) is 0 Å². The molecule has 0 radical (unpaired) electrons. The largest absolute Gasteiger partial charge is 0.340 e. The lowest BCUT2D eigenvalue weighted by molar-refractivity contribution is 0.102. The Morgan fingerprint density at radius 2 is 2.20 bits per heavy atom. The molecule has 0 aromatic carbocycles. The molecule has 2 aliphatic rings. The molecule has 20 heavy (non-hydrogen) atoms. The summed E-state index contributed by atoms with van der Waals surface area (Å²) in [7, 11) is 2.27. The second-order valence-corrected chi connectivity index (χ2v) is 6.17. The maximum absolute atomic E-state index is 5.68. The molecule has 1 aromatic heterocycles. The molecule has 2 unspecified atom stereocenters.